The molecule has 0 bridgehead atoms. The normalized spacial score (nSPS) is 12.4. The van der Waals surface area contributed by atoms with Gasteiger partial charge in [0.25, 0.3) is 0 Å². The van der Waals surface area contributed by atoms with Crippen molar-refractivity contribution in [3.8, 4) is 11.8 Å². The van der Waals surface area contributed by atoms with E-state index in [1.165, 1.54) is 44.9 Å². The van der Waals surface area contributed by atoms with E-state index in [9.17, 15) is 9.90 Å². The molecule has 0 aromatic heterocycles. The largest absolute Gasteiger partial charge is 0.463 e. The van der Waals surface area contributed by atoms with E-state index in [-0.39, 0.29) is 6.61 Å². The summed E-state index contributed by atoms with van der Waals surface area (Å²) in [7, 11) is 0. The maximum absolute atomic E-state index is 11.1. The Labute approximate surface area is 136 Å². The molecular weight excluding hydrogens is 276 g/mol. The molecule has 22 heavy (non-hydrogen) atoms. The number of carbonyl (C=O) groups is 1. The van der Waals surface area contributed by atoms with Crippen molar-refractivity contribution < 1.29 is 14.6 Å². The zero-order valence-electron chi connectivity index (χ0n) is 14.9. The summed E-state index contributed by atoms with van der Waals surface area (Å²) in [4.78, 5) is 11.1. The lowest BCUT2D eigenvalue weighted by Gasteiger charge is -2.17. The standard InChI is InChI=1S/C19H34O3/c1-5-22-18(21)17(20)15-13-11-9-7-6-8-10-12-14-16-19(2,3)4/h17,20H,5-12,14,16H2,1-4H3. The van der Waals surface area contributed by atoms with Crippen LogP contribution in [0.2, 0.25) is 0 Å². The van der Waals surface area contributed by atoms with E-state index in [4.69, 9.17) is 0 Å². The summed E-state index contributed by atoms with van der Waals surface area (Å²) < 4.78 is 4.68. The van der Waals surface area contributed by atoms with Crippen LogP contribution in [-0.4, -0.2) is 23.8 Å². The first-order chi connectivity index (χ1) is 10.4. The van der Waals surface area contributed by atoms with E-state index < -0.39 is 12.1 Å². The van der Waals surface area contributed by atoms with Gasteiger partial charge in [0, 0.05) is 6.42 Å². The molecule has 0 aliphatic carbocycles. The lowest BCUT2D eigenvalue weighted by atomic mass is 9.89. The molecular formula is C19H34O3. The van der Waals surface area contributed by atoms with Crippen LogP contribution in [0.1, 0.15) is 85.5 Å². The Kier molecular flexibility index (Phi) is 12.0. The molecule has 0 aliphatic rings. The third kappa shape index (κ3) is 13.9. The third-order valence-electron chi connectivity index (χ3n) is 3.48. The predicted molar refractivity (Wildman–Crippen MR) is 91.4 cm³/mol. The second-order valence-corrected chi connectivity index (χ2v) is 7.01. The molecule has 0 fully saturated rings. The highest BCUT2D eigenvalue weighted by atomic mass is 16.5. The highest BCUT2D eigenvalue weighted by Gasteiger charge is 2.11. The Morgan fingerprint density at radius 3 is 2.14 bits per heavy atom. The van der Waals surface area contributed by atoms with Crippen LogP contribution in [0.4, 0.5) is 0 Å². The molecule has 0 aliphatic heterocycles. The lowest BCUT2D eigenvalue weighted by molar-refractivity contribution is -0.149. The third-order valence-corrected chi connectivity index (χ3v) is 3.48. The van der Waals surface area contributed by atoms with Gasteiger partial charge in [0.15, 0.2) is 0 Å². The molecule has 0 heterocycles. The van der Waals surface area contributed by atoms with Crippen molar-refractivity contribution in [3.63, 3.8) is 0 Å². The van der Waals surface area contributed by atoms with Crippen LogP contribution in [-0.2, 0) is 9.53 Å². The Bertz CT molecular complexity index is 344. The van der Waals surface area contributed by atoms with Crippen LogP contribution in [0, 0.1) is 17.3 Å². The lowest BCUT2D eigenvalue weighted by Crippen LogP contribution is -2.21. The fourth-order valence-corrected chi connectivity index (χ4v) is 2.20. The highest BCUT2D eigenvalue weighted by Crippen LogP contribution is 2.22. The number of rotatable bonds is 10. The second kappa shape index (κ2) is 12.5. The van der Waals surface area contributed by atoms with Gasteiger partial charge in [0.05, 0.1) is 6.61 Å². The molecule has 0 saturated carbocycles. The van der Waals surface area contributed by atoms with Gasteiger partial charge in [0.1, 0.15) is 0 Å². The van der Waals surface area contributed by atoms with Crippen LogP contribution in [0.15, 0.2) is 0 Å². The van der Waals surface area contributed by atoms with E-state index in [1.54, 1.807) is 6.92 Å². The van der Waals surface area contributed by atoms with Crippen molar-refractivity contribution in [2.75, 3.05) is 6.61 Å². The smallest absolute Gasteiger partial charge is 0.347 e. The second-order valence-electron chi connectivity index (χ2n) is 7.01. The molecule has 0 spiro atoms. The zero-order valence-corrected chi connectivity index (χ0v) is 14.9. The van der Waals surface area contributed by atoms with Gasteiger partial charge in [-0.25, -0.2) is 4.79 Å². The Hall–Kier alpha value is -1.01. The van der Waals surface area contributed by atoms with E-state index in [2.05, 4.69) is 37.3 Å². The van der Waals surface area contributed by atoms with Gasteiger partial charge < -0.3 is 9.84 Å². The van der Waals surface area contributed by atoms with E-state index in [1.807, 2.05) is 0 Å². The van der Waals surface area contributed by atoms with Crippen LogP contribution >= 0.6 is 0 Å². The summed E-state index contributed by atoms with van der Waals surface area (Å²) in [6.07, 6.45) is 9.50. The minimum Gasteiger partial charge on any atom is -0.463 e. The van der Waals surface area contributed by atoms with Gasteiger partial charge in [-0.05, 0) is 25.2 Å². The van der Waals surface area contributed by atoms with Gasteiger partial charge >= 0.3 is 5.97 Å². The molecule has 0 saturated heterocycles. The van der Waals surface area contributed by atoms with Gasteiger partial charge in [-0.1, -0.05) is 71.1 Å². The summed E-state index contributed by atoms with van der Waals surface area (Å²) in [6.45, 7) is 8.88. The fraction of sp³-hybridized carbons (Fsp3) is 0.842. The minimum absolute atomic E-state index is 0.271. The molecule has 1 atom stereocenters. The maximum Gasteiger partial charge on any atom is 0.347 e. The van der Waals surface area contributed by atoms with Crippen LogP contribution in [0.5, 0.6) is 0 Å². The van der Waals surface area contributed by atoms with Gasteiger partial charge in [-0.3, -0.25) is 0 Å². The monoisotopic (exact) mass is 310 g/mol. The number of esters is 1. The summed E-state index contributed by atoms with van der Waals surface area (Å²) in [5.41, 5.74) is 0.465. The first kappa shape index (κ1) is 21.0. The summed E-state index contributed by atoms with van der Waals surface area (Å²) in [6, 6.07) is 0. The number of ether oxygens (including phenoxy) is 1. The quantitative estimate of drug-likeness (QED) is 0.368. The number of hydrogen-bond donors (Lipinski definition) is 1. The number of unbranched alkanes of at least 4 members (excludes halogenated alkanes) is 7. The number of hydrogen-bond acceptors (Lipinski definition) is 3. The van der Waals surface area contributed by atoms with E-state index >= 15 is 0 Å². The Morgan fingerprint density at radius 2 is 1.59 bits per heavy atom. The minimum atomic E-state index is -1.29. The number of aliphatic hydroxyl groups excluding tert-OH is 1. The molecule has 3 nitrogen and oxygen atoms in total. The molecule has 128 valence electrons. The molecule has 0 amide bonds. The van der Waals surface area contributed by atoms with Crippen molar-refractivity contribution in [1.29, 1.82) is 0 Å². The van der Waals surface area contributed by atoms with Gasteiger partial charge in [-0.15, -0.1) is 0 Å². The van der Waals surface area contributed by atoms with Crippen molar-refractivity contribution >= 4 is 5.97 Å². The van der Waals surface area contributed by atoms with Crippen LogP contribution in [0.3, 0.4) is 0 Å². The number of aliphatic hydroxyl groups is 1. The van der Waals surface area contributed by atoms with Gasteiger partial charge in [-0.2, -0.15) is 0 Å². The Balaban J connectivity index is 3.43. The van der Waals surface area contributed by atoms with Crippen molar-refractivity contribution in [2.24, 2.45) is 5.41 Å². The average molecular weight is 310 g/mol. The maximum atomic E-state index is 11.1. The molecule has 0 rings (SSSR count). The van der Waals surface area contributed by atoms with Crippen molar-refractivity contribution in [2.45, 2.75) is 91.6 Å². The summed E-state index contributed by atoms with van der Waals surface area (Å²) in [5.74, 6) is 4.73. The molecule has 1 unspecified atom stereocenters. The van der Waals surface area contributed by atoms with Gasteiger partial charge in [0.2, 0.25) is 6.10 Å². The van der Waals surface area contributed by atoms with Crippen molar-refractivity contribution in [3.05, 3.63) is 0 Å². The average Bonchev–Trinajstić information content (AvgIpc) is 2.43. The van der Waals surface area contributed by atoms with E-state index in [0.717, 1.165) is 12.8 Å². The molecule has 3 heteroatoms. The molecule has 0 aromatic rings. The first-order valence-corrected chi connectivity index (χ1v) is 8.70. The first-order valence-electron chi connectivity index (χ1n) is 8.70. The molecule has 0 radical (unpaired) electrons. The van der Waals surface area contributed by atoms with Crippen LogP contribution in [0.25, 0.3) is 0 Å². The topological polar surface area (TPSA) is 46.5 Å². The summed E-state index contributed by atoms with van der Waals surface area (Å²) in [5, 5.41) is 9.38. The molecule has 1 N–H and O–H groups in total. The summed E-state index contributed by atoms with van der Waals surface area (Å²) >= 11 is 0. The van der Waals surface area contributed by atoms with Crippen molar-refractivity contribution in [1.82, 2.24) is 0 Å². The SMILES string of the molecule is CCOC(=O)C(O)C#CCCCCCCCCCC(C)(C)C. The van der Waals surface area contributed by atoms with E-state index in [0.29, 0.717) is 5.41 Å². The fourth-order valence-electron chi connectivity index (χ4n) is 2.20. The highest BCUT2D eigenvalue weighted by molar-refractivity contribution is 5.77. The number of carbonyl (C=O) groups excluding carboxylic acids is 1. The predicted octanol–water partition coefficient (Wildman–Crippen LogP) is 4.47. The molecule has 0 aromatic carbocycles. The Morgan fingerprint density at radius 1 is 1.05 bits per heavy atom. The van der Waals surface area contributed by atoms with Crippen LogP contribution < -0.4 is 0 Å². The zero-order chi connectivity index (χ0) is 16.8.